The summed E-state index contributed by atoms with van der Waals surface area (Å²) in [4.78, 5) is 43.7. The van der Waals surface area contributed by atoms with E-state index in [-0.39, 0.29) is 10.7 Å². The topological polar surface area (TPSA) is 117 Å². The zero-order chi connectivity index (χ0) is 30.3. The first kappa shape index (κ1) is 29.6. The van der Waals surface area contributed by atoms with Crippen molar-refractivity contribution in [1.82, 2.24) is 4.90 Å². The smallest absolute Gasteiger partial charge is 0.250 e. The van der Waals surface area contributed by atoms with Gasteiger partial charge in [0, 0.05) is 21.2 Å². The Bertz CT molecular complexity index is 1510. The van der Waals surface area contributed by atoms with Gasteiger partial charge in [0.05, 0.1) is 37.2 Å². The van der Waals surface area contributed by atoms with E-state index in [0.29, 0.717) is 40.7 Å². The number of hydrogen-bond donors (Lipinski definition) is 3. The average molecular weight is 669 g/mol. The molecule has 3 aromatic rings. The first-order chi connectivity index (χ1) is 20.8. The Hall–Kier alpha value is -3.44. The normalized spacial score (nSPS) is 28.0. The lowest BCUT2D eigenvalue weighted by atomic mass is 9.70. The van der Waals surface area contributed by atoms with E-state index in [9.17, 15) is 19.5 Å². The van der Waals surface area contributed by atoms with Crippen molar-refractivity contribution in [2.24, 2.45) is 11.8 Å². The van der Waals surface area contributed by atoms with E-state index >= 15 is 0 Å². The van der Waals surface area contributed by atoms with Crippen molar-refractivity contribution in [2.45, 2.75) is 42.0 Å². The van der Waals surface area contributed by atoms with Crippen molar-refractivity contribution in [2.75, 3.05) is 23.8 Å². The number of hydrogen-bond acceptors (Lipinski definition) is 6. The largest absolute Gasteiger partial charge is 0.494 e. The van der Waals surface area contributed by atoms with E-state index in [1.807, 2.05) is 25.1 Å². The molecule has 11 heteroatoms. The molecule has 3 aromatic carbocycles. The van der Waals surface area contributed by atoms with E-state index in [0.717, 1.165) is 0 Å². The molecule has 3 saturated heterocycles. The molecule has 3 amide bonds. The lowest BCUT2D eigenvalue weighted by Gasteiger charge is -2.37. The van der Waals surface area contributed by atoms with Gasteiger partial charge >= 0.3 is 0 Å². The van der Waals surface area contributed by atoms with Crippen molar-refractivity contribution in [3.8, 4) is 5.75 Å². The number of nitrogens with zero attached hydrogens (tertiary/aromatic N) is 1. The standard InChI is InChI=1S/C32H31BrClN3O6/c1-2-42-22-14-12-21(13-15-22)35-29(39)25-26-31(41)37(24(17-38)18-6-4-3-5-7-18)28(32(26)16-23(33)27(25)43-32)30(40)36-20-10-8-19(34)9-11-20/h3-15,23-28,38H,2,16-17H2,1H3,(H,35,39)(H,36,40)/t23?,24-,25+,26+,27+,28?,32?/m1/s1. The highest BCUT2D eigenvalue weighted by Gasteiger charge is 2.77. The zero-order valence-corrected chi connectivity index (χ0v) is 25.6. The number of likely N-dealkylation sites (tertiary alicyclic amines) is 1. The summed E-state index contributed by atoms with van der Waals surface area (Å²) in [7, 11) is 0. The maximum Gasteiger partial charge on any atom is 0.250 e. The Balaban J connectivity index is 1.37. The molecule has 0 saturated carbocycles. The van der Waals surface area contributed by atoms with Gasteiger partial charge in [0.15, 0.2) is 0 Å². The molecule has 3 fully saturated rings. The zero-order valence-electron chi connectivity index (χ0n) is 23.3. The molecule has 3 aliphatic rings. The lowest BCUT2D eigenvalue weighted by molar-refractivity contribution is -0.143. The van der Waals surface area contributed by atoms with Crippen molar-refractivity contribution >= 4 is 56.6 Å². The van der Waals surface area contributed by atoms with Crippen LogP contribution in [0.5, 0.6) is 5.75 Å². The third kappa shape index (κ3) is 5.20. The fourth-order valence-corrected chi connectivity index (χ4v) is 7.87. The third-order valence-corrected chi connectivity index (χ3v) is 9.61. The van der Waals surface area contributed by atoms with Gasteiger partial charge in [-0.2, -0.15) is 0 Å². The van der Waals surface area contributed by atoms with Crippen LogP contribution in [-0.4, -0.2) is 63.5 Å². The minimum atomic E-state index is -1.30. The number of fused-ring (bicyclic) bond motifs is 1. The van der Waals surface area contributed by atoms with Crippen LogP contribution in [0, 0.1) is 11.8 Å². The summed E-state index contributed by atoms with van der Waals surface area (Å²) in [6.07, 6.45) is -0.294. The SMILES string of the molecule is CCOc1ccc(NC(=O)[C@H]2[C@H]3C(=O)N([C@H](CO)c4ccccc4)C(C(=O)Nc4ccc(Cl)cc4)C34CC(Br)[C@@H]2O4)cc1. The summed E-state index contributed by atoms with van der Waals surface area (Å²) >= 11 is 9.74. The summed E-state index contributed by atoms with van der Waals surface area (Å²) in [5.41, 5.74) is 0.414. The first-order valence-electron chi connectivity index (χ1n) is 14.2. The van der Waals surface area contributed by atoms with Crippen LogP contribution in [0.2, 0.25) is 5.02 Å². The number of carbonyl (C=O) groups excluding carboxylic acids is 3. The molecule has 43 heavy (non-hydrogen) atoms. The monoisotopic (exact) mass is 667 g/mol. The Kier molecular flexibility index (Phi) is 8.21. The minimum absolute atomic E-state index is 0.275. The second-order valence-corrected chi connectivity index (χ2v) is 12.6. The molecular formula is C32H31BrClN3O6. The Morgan fingerprint density at radius 2 is 1.67 bits per heavy atom. The van der Waals surface area contributed by atoms with Crippen LogP contribution in [0.15, 0.2) is 78.9 Å². The highest BCUT2D eigenvalue weighted by molar-refractivity contribution is 9.09. The fraction of sp³-hybridized carbons (Fsp3) is 0.344. The summed E-state index contributed by atoms with van der Waals surface area (Å²) in [6.45, 7) is 1.99. The van der Waals surface area contributed by atoms with Crippen molar-refractivity contribution in [3.63, 3.8) is 0 Å². The van der Waals surface area contributed by atoms with Gasteiger partial charge in [0.25, 0.3) is 0 Å². The average Bonchev–Trinajstić information content (AvgIpc) is 3.60. The highest BCUT2D eigenvalue weighted by atomic mass is 79.9. The third-order valence-electron chi connectivity index (χ3n) is 8.52. The second kappa shape index (κ2) is 11.9. The summed E-state index contributed by atoms with van der Waals surface area (Å²) < 4.78 is 12.1. The van der Waals surface area contributed by atoms with E-state index in [4.69, 9.17) is 21.1 Å². The highest BCUT2D eigenvalue weighted by Crippen LogP contribution is 2.61. The number of alkyl halides is 1. The molecule has 2 bridgehead atoms. The van der Waals surface area contributed by atoms with E-state index in [1.165, 1.54) is 4.90 Å². The van der Waals surface area contributed by atoms with Crippen LogP contribution in [0.25, 0.3) is 0 Å². The van der Waals surface area contributed by atoms with Gasteiger partial charge < -0.3 is 30.1 Å². The maximum atomic E-state index is 14.5. The molecule has 224 valence electrons. The van der Waals surface area contributed by atoms with E-state index < -0.39 is 54.0 Å². The number of aliphatic hydroxyl groups is 1. The molecule has 3 unspecified atom stereocenters. The van der Waals surface area contributed by atoms with E-state index in [2.05, 4.69) is 26.6 Å². The Labute approximate surface area is 262 Å². The molecule has 7 atom stereocenters. The molecule has 3 heterocycles. The number of ether oxygens (including phenoxy) is 2. The molecule has 0 aliphatic carbocycles. The fourth-order valence-electron chi connectivity index (χ4n) is 6.80. The van der Waals surface area contributed by atoms with Crippen LogP contribution in [0.1, 0.15) is 24.9 Å². The molecule has 9 nitrogen and oxygen atoms in total. The maximum absolute atomic E-state index is 14.5. The number of anilines is 2. The van der Waals surface area contributed by atoms with Crippen LogP contribution in [0.4, 0.5) is 11.4 Å². The minimum Gasteiger partial charge on any atom is -0.494 e. The van der Waals surface area contributed by atoms with Crippen LogP contribution >= 0.6 is 27.5 Å². The number of halogens is 2. The van der Waals surface area contributed by atoms with Gasteiger partial charge in [0.1, 0.15) is 17.4 Å². The molecule has 3 aliphatic heterocycles. The molecule has 0 aromatic heterocycles. The van der Waals surface area contributed by atoms with Gasteiger partial charge in [-0.1, -0.05) is 57.9 Å². The summed E-state index contributed by atoms with van der Waals surface area (Å²) in [5.74, 6) is -2.39. The van der Waals surface area contributed by atoms with E-state index in [1.54, 1.807) is 60.7 Å². The molecule has 0 radical (unpaired) electrons. The lowest BCUT2D eigenvalue weighted by Crippen LogP contribution is -2.55. The van der Waals surface area contributed by atoms with Crippen LogP contribution in [0.3, 0.4) is 0 Å². The summed E-state index contributed by atoms with van der Waals surface area (Å²) in [6, 6.07) is 20.8. The number of aliphatic hydroxyl groups excluding tert-OH is 1. The van der Waals surface area contributed by atoms with Gasteiger partial charge in [-0.15, -0.1) is 0 Å². The van der Waals surface area contributed by atoms with Crippen molar-refractivity contribution in [1.29, 1.82) is 0 Å². The van der Waals surface area contributed by atoms with Crippen molar-refractivity contribution < 1.29 is 29.0 Å². The number of benzene rings is 3. The molecule has 6 rings (SSSR count). The summed E-state index contributed by atoms with van der Waals surface area (Å²) in [5, 5.41) is 17.0. The molecular weight excluding hydrogens is 638 g/mol. The number of amides is 3. The predicted octanol–water partition coefficient (Wildman–Crippen LogP) is 4.80. The molecule has 1 spiro atoms. The number of rotatable bonds is 9. The van der Waals surface area contributed by atoms with Crippen LogP contribution in [-0.2, 0) is 19.1 Å². The van der Waals surface area contributed by atoms with Crippen LogP contribution < -0.4 is 15.4 Å². The number of carbonyl (C=O) groups is 3. The van der Waals surface area contributed by atoms with Gasteiger partial charge in [0.2, 0.25) is 17.7 Å². The second-order valence-electron chi connectivity index (χ2n) is 11.0. The van der Waals surface area contributed by atoms with Gasteiger partial charge in [-0.25, -0.2) is 0 Å². The first-order valence-corrected chi connectivity index (χ1v) is 15.5. The predicted molar refractivity (Wildman–Crippen MR) is 165 cm³/mol. The Morgan fingerprint density at radius 1 is 1.05 bits per heavy atom. The van der Waals surface area contributed by atoms with Gasteiger partial charge in [-0.3, -0.25) is 14.4 Å². The van der Waals surface area contributed by atoms with Crippen molar-refractivity contribution in [3.05, 3.63) is 89.4 Å². The Morgan fingerprint density at radius 3 is 2.30 bits per heavy atom. The molecule has 3 N–H and O–H groups in total. The van der Waals surface area contributed by atoms with Gasteiger partial charge in [-0.05, 0) is 67.4 Å². The quantitative estimate of drug-likeness (QED) is 0.282. The number of nitrogens with one attached hydrogen (secondary N) is 2.